The summed E-state index contributed by atoms with van der Waals surface area (Å²) in [6, 6.07) is 8.05. The van der Waals surface area contributed by atoms with E-state index in [4.69, 9.17) is 37.4 Å². The maximum Gasteiger partial charge on any atom is 0.163 e. The van der Waals surface area contributed by atoms with Gasteiger partial charge in [-0.2, -0.15) is 0 Å². The van der Waals surface area contributed by atoms with Crippen LogP contribution in [0.1, 0.15) is 11.1 Å². The van der Waals surface area contributed by atoms with Gasteiger partial charge < -0.3 is 19.5 Å². The van der Waals surface area contributed by atoms with E-state index in [1.165, 1.54) is 6.07 Å². The number of rotatable bonds is 9. The molecule has 0 aliphatic carbocycles. The van der Waals surface area contributed by atoms with Crippen molar-refractivity contribution in [3.63, 3.8) is 0 Å². The van der Waals surface area contributed by atoms with Crippen LogP contribution in [0.3, 0.4) is 0 Å². The van der Waals surface area contributed by atoms with Crippen molar-refractivity contribution < 1.29 is 18.6 Å². The fourth-order valence-corrected chi connectivity index (χ4v) is 3.53. The van der Waals surface area contributed by atoms with Crippen molar-refractivity contribution >= 4 is 23.2 Å². The highest BCUT2D eigenvalue weighted by molar-refractivity contribution is 6.31. The zero-order valence-electron chi connectivity index (χ0n) is 16.3. The van der Waals surface area contributed by atoms with Crippen molar-refractivity contribution in [2.75, 3.05) is 46.5 Å². The van der Waals surface area contributed by atoms with Crippen molar-refractivity contribution in [3.05, 3.63) is 57.3 Å². The van der Waals surface area contributed by atoms with Gasteiger partial charge in [0.15, 0.2) is 11.5 Å². The Bertz CT molecular complexity index is 797. The highest BCUT2D eigenvalue weighted by atomic mass is 35.5. The van der Waals surface area contributed by atoms with Crippen LogP contribution in [0.2, 0.25) is 10.0 Å². The Hall–Kier alpha value is -1.57. The van der Waals surface area contributed by atoms with Crippen LogP contribution in [-0.2, 0) is 17.9 Å². The number of morpholine rings is 1. The molecular formula is C21H25Cl2FN2O3. The van der Waals surface area contributed by atoms with E-state index in [0.717, 1.165) is 45.0 Å². The van der Waals surface area contributed by atoms with Crippen molar-refractivity contribution in [2.45, 2.75) is 13.2 Å². The first-order valence-corrected chi connectivity index (χ1v) is 10.3. The van der Waals surface area contributed by atoms with Gasteiger partial charge in [-0.15, -0.1) is 0 Å². The molecule has 0 radical (unpaired) electrons. The van der Waals surface area contributed by atoms with Gasteiger partial charge in [-0.3, -0.25) is 4.90 Å². The number of halogens is 3. The van der Waals surface area contributed by atoms with E-state index < -0.39 is 5.82 Å². The van der Waals surface area contributed by atoms with E-state index in [1.54, 1.807) is 25.3 Å². The molecule has 0 saturated carbocycles. The number of nitrogens with one attached hydrogen (secondary N) is 1. The molecule has 0 atom stereocenters. The van der Waals surface area contributed by atoms with Gasteiger partial charge in [0.1, 0.15) is 12.4 Å². The van der Waals surface area contributed by atoms with Gasteiger partial charge in [0, 0.05) is 49.4 Å². The summed E-state index contributed by atoms with van der Waals surface area (Å²) in [5.41, 5.74) is 1.20. The second kappa shape index (κ2) is 11.0. The molecule has 29 heavy (non-hydrogen) atoms. The molecule has 8 heteroatoms. The van der Waals surface area contributed by atoms with Crippen LogP contribution < -0.4 is 14.8 Å². The molecule has 2 aromatic carbocycles. The molecule has 1 aliphatic rings. The molecule has 1 aliphatic heterocycles. The molecule has 0 amide bonds. The van der Waals surface area contributed by atoms with E-state index >= 15 is 0 Å². The summed E-state index contributed by atoms with van der Waals surface area (Å²) in [7, 11) is 1.56. The highest BCUT2D eigenvalue weighted by Gasteiger charge is 2.14. The van der Waals surface area contributed by atoms with E-state index in [0.29, 0.717) is 33.7 Å². The van der Waals surface area contributed by atoms with Crippen LogP contribution in [-0.4, -0.2) is 51.4 Å². The average Bonchev–Trinajstić information content (AvgIpc) is 2.72. The van der Waals surface area contributed by atoms with Crippen molar-refractivity contribution in [1.82, 2.24) is 10.2 Å². The second-order valence-electron chi connectivity index (χ2n) is 6.71. The van der Waals surface area contributed by atoms with Crippen LogP contribution in [0.15, 0.2) is 30.3 Å². The van der Waals surface area contributed by atoms with Gasteiger partial charge in [-0.25, -0.2) is 4.39 Å². The van der Waals surface area contributed by atoms with Gasteiger partial charge in [0.05, 0.1) is 25.3 Å². The predicted octanol–water partition coefficient (Wildman–Crippen LogP) is 4.14. The van der Waals surface area contributed by atoms with Gasteiger partial charge in [0.2, 0.25) is 0 Å². The molecule has 2 aromatic rings. The number of hydrogen-bond donors (Lipinski definition) is 1. The van der Waals surface area contributed by atoms with E-state index in [-0.39, 0.29) is 6.61 Å². The number of methoxy groups -OCH3 is 1. The van der Waals surface area contributed by atoms with Crippen LogP contribution in [0.4, 0.5) is 4.39 Å². The summed E-state index contributed by atoms with van der Waals surface area (Å²) >= 11 is 12.5. The third kappa shape index (κ3) is 6.20. The number of hydrogen-bond acceptors (Lipinski definition) is 5. The van der Waals surface area contributed by atoms with Crippen LogP contribution in [0.25, 0.3) is 0 Å². The normalized spacial score (nSPS) is 14.8. The van der Waals surface area contributed by atoms with Gasteiger partial charge in [-0.1, -0.05) is 29.3 Å². The Labute approximate surface area is 180 Å². The number of benzene rings is 2. The molecule has 1 saturated heterocycles. The average molecular weight is 443 g/mol. The largest absolute Gasteiger partial charge is 0.493 e. The first kappa shape index (κ1) is 22.1. The Balaban J connectivity index is 1.58. The molecule has 1 N–H and O–H groups in total. The van der Waals surface area contributed by atoms with Gasteiger partial charge in [0.25, 0.3) is 0 Å². The summed E-state index contributed by atoms with van der Waals surface area (Å²) in [6.45, 7) is 5.92. The summed E-state index contributed by atoms with van der Waals surface area (Å²) in [5.74, 6) is 0.560. The van der Waals surface area contributed by atoms with Gasteiger partial charge in [-0.05, 0) is 23.8 Å². The lowest BCUT2D eigenvalue weighted by atomic mass is 10.2. The lowest BCUT2D eigenvalue weighted by Crippen LogP contribution is -2.40. The smallest absolute Gasteiger partial charge is 0.163 e. The molecule has 158 valence electrons. The molecular weight excluding hydrogens is 418 g/mol. The molecule has 0 unspecified atom stereocenters. The monoisotopic (exact) mass is 442 g/mol. The zero-order valence-corrected chi connectivity index (χ0v) is 17.9. The Morgan fingerprint density at radius 2 is 1.93 bits per heavy atom. The van der Waals surface area contributed by atoms with Crippen LogP contribution >= 0.6 is 23.2 Å². The maximum atomic E-state index is 13.9. The molecule has 3 rings (SSSR count). The predicted molar refractivity (Wildman–Crippen MR) is 113 cm³/mol. The summed E-state index contributed by atoms with van der Waals surface area (Å²) in [4.78, 5) is 2.36. The molecule has 0 spiro atoms. The topological polar surface area (TPSA) is 43.0 Å². The minimum Gasteiger partial charge on any atom is -0.493 e. The first-order valence-electron chi connectivity index (χ1n) is 9.51. The highest BCUT2D eigenvalue weighted by Crippen LogP contribution is 2.34. The van der Waals surface area contributed by atoms with E-state index in [9.17, 15) is 4.39 Å². The third-order valence-corrected chi connectivity index (χ3v) is 5.50. The van der Waals surface area contributed by atoms with Gasteiger partial charge >= 0.3 is 0 Å². The molecule has 0 bridgehead atoms. The minimum absolute atomic E-state index is 0.0185. The lowest BCUT2D eigenvalue weighted by Gasteiger charge is -2.26. The van der Waals surface area contributed by atoms with Crippen molar-refractivity contribution in [1.29, 1.82) is 0 Å². The number of ether oxygens (including phenoxy) is 3. The Morgan fingerprint density at radius 1 is 1.14 bits per heavy atom. The molecule has 0 aromatic heterocycles. The van der Waals surface area contributed by atoms with Crippen molar-refractivity contribution in [3.8, 4) is 11.5 Å². The lowest BCUT2D eigenvalue weighted by molar-refractivity contribution is 0.0384. The zero-order chi connectivity index (χ0) is 20.6. The fourth-order valence-electron chi connectivity index (χ4n) is 3.09. The van der Waals surface area contributed by atoms with E-state index in [1.807, 2.05) is 6.07 Å². The van der Waals surface area contributed by atoms with Crippen LogP contribution in [0.5, 0.6) is 11.5 Å². The minimum atomic E-state index is -0.413. The summed E-state index contributed by atoms with van der Waals surface area (Å²) in [5, 5.41) is 4.27. The molecule has 5 nitrogen and oxygen atoms in total. The van der Waals surface area contributed by atoms with Crippen LogP contribution in [0, 0.1) is 5.82 Å². The molecule has 1 fully saturated rings. The molecule has 1 heterocycles. The standard InChI is InChI=1S/C21H25Cl2FN2O3/c1-27-20-11-15(13-25-5-6-26-7-9-28-10-8-26)18(23)12-21(20)29-14-16-17(22)3-2-4-19(16)24/h2-4,11-12,25H,5-10,13-14H2,1H3. The maximum absolute atomic E-state index is 13.9. The van der Waals surface area contributed by atoms with Crippen molar-refractivity contribution in [2.24, 2.45) is 0 Å². The number of nitrogens with zero attached hydrogens (tertiary/aromatic N) is 1. The third-order valence-electron chi connectivity index (χ3n) is 4.79. The summed E-state index contributed by atoms with van der Waals surface area (Å²) in [6.07, 6.45) is 0. The SMILES string of the molecule is COc1cc(CNCCN2CCOCC2)c(Cl)cc1OCc1c(F)cccc1Cl. The Morgan fingerprint density at radius 3 is 2.66 bits per heavy atom. The van der Waals surface area contributed by atoms with E-state index in [2.05, 4.69) is 10.2 Å². The quantitative estimate of drug-likeness (QED) is 0.591. The second-order valence-corrected chi connectivity index (χ2v) is 7.53. The summed E-state index contributed by atoms with van der Waals surface area (Å²) < 4.78 is 30.5. The first-order chi connectivity index (χ1) is 14.1. The fraction of sp³-hybridized carbons (Fsp3) is 0.429. The Kier molecular flexibility index (Phi) is 8.39.